The fourth-order valence-electron chi connectivity index (χ4n) is 3.14. The van der Waals surface area contributed by atoms with E-state index in [4.69, 9.17) is 9.57 Å². The van der Waals surface area contributed by atoms with E-state index in [-0.39, 0.29) is 23.0 Å². The minimum Gasteiger partial charge on any atom is -0.466 e. The summed E-state index contributed by atoms with van der Waals surface area (Å²) in [7, 11) is 0. The van der Waals surface area contributed by atoms with Crippen LogP contribution in [0.25, 0.3) is 0 Å². The second-order valence-corrected chi connectivity index (χ2v) is 7.25. The van der Waals surface area contributed by atoms with Gasteiger partial charge in [0.1, 0.15) is 0 Å². The first-order chi connectivity index (χ1) is 10.2. The molecule has 0 aromatic rings. The number of nitrogens with zero attached hydrogens (tertiary/aromatic N) is 1. The summed E-state index contributed by atoms with van der Waals surface area (Å²) in [5.74, 6) is -0.416. The van der Waals surface area contributed by atoms with E-state index in [0.29, 0.717) is 32.3 Å². The maximum Gasteiger partial charge on any atom is 0.325 e. The van der Waals surface area contributed by atoms with Crippen molar-refractivity contribution in [3.05, 3.63) is 0 Å². The zero-order valence-corrected chi connectivity index (χ0v) is 14.7. The van der Waals surface area contributed by atoms with E-state index in [2.05, 4.69) is 27.7 Å². The molecule has 1 aliphatic heterocycles. The van der Waals surface area contributed by atoms with Crippen molar-refractivity contribution in [1.82, 2.24) is 5.06 Å². The quantitative estimate of drug-likeness (QED) is 0.531. The molecule has 0 aliphatic carbocycles. The summed E-state index contributed by atoms with van der Waals surface area (Å²) in [6.07, 6.45) is 5.18. The summed E-state index contributed by atoms with van der Waals surface area (Å²) >= 11 is 0. The van der Waals surface area contributed by atoms with Gasteiger partial charge in [-0.15, -0.1) is 5.06 Å². The Bertz CT molecular complexity index is 374. The molecule has 0 radical (unpaired) electrons. The lowest BCUT2D eigenvalue weighted by Crippen LogP contribution is -2.58. The van der Waals surface area contributed by atoms with Crippen molar-refractivity contribution in [2.75, 3.05) is 6.61 Å². The van der Waals surface area contributed by atoms with Gasteiger partial charge in [-0.25, -0.2) is 0 Å². The van der Waals surface area contributed by atoms with Gasteiger partial charge in [-0.05, 0) is 66.7 Å². The lowest BCUT2D eigenvalue weighted by atomic mass is 9.82. The first-order valence-electron chi connectivity index (χ1n) is 8.36. The smallest absolute Gasteiger partial charge is 0.325 e. The molecule has 1 heterocycles. The second-order valence-electron chi connectivity index (χ2n) is 7.25. The first-order valence-corrected chi connectivity index (χ1v) is 8.36. The van der Waals surface area contributed by atoms with Gasteiger partial charge in [0.2, 0.25) is 0 Å². The number of hydrogen-bond acceptors (Lipinski definition) is 5. The number of carbonyl (C=O) groups is 2. The van der Waals surface area contributed by atoms with Crippen molar-refractivity contribution in [3.63, 3.8) is 0 Å². The van der Waals surface area contributed by atoms with E-state index >= 15 is 0 Å². The maximum atomic E-state index is 12.1. The lowest BCUT2D eigenvalue weighted by molar-refractivity contribution is -0.265. The molecule has 22 heavy (non-hydrogen) atoms. The Morgan fingerprint density at radius 1 is 0.955 bits per heavy atom. The average molecular weight is 313 g/mol. The van der Waals surface area contributed by atoms with Gasteiger partial charge in [0.05, 0.1) is 17.7 Å². The van der Waals surface area contributed by atoms with Crippen LogP contribution in [-0.2, 0) is 19.2 Å². The number of carbonyl (C=O) groups excluding carboxylic acids is 2. The van der Waals surface area contributed by atoms with Gasteiger partial charge < -0.3 is 9.57 Å². The summed E-state index contributed by atoms with van der Waals surface area (Å²) in [5, 5.41) is 1.87. The minimum absolute atomic E-state index is 0.137. The number of esters is 1. The standard InChI is InChI=1S/C17H31NO4/c1-6-21-14(19)10-7-8-11-15(20)22-18-16(2,3)12-9-13-17(18,4)5/h6-13H2,1-5H3. The van der Waals surface area contributed by atoms with Crippen LogP contribution < -0.4 is 0 Å². The molecule has 0 bridgehead atoms. The highest BCUT2D eigenvalue weighted by atomic mass is 16.7. The van der Waals surface area contributed by atoms with Crippen LogP contribution in [0.15, 0.2) is 0 Å². The van der Waals surface area contributed by atoms with Crippen LogP contribution in [0.5, 0.6) is 0 Å². The predicted molar refractivity (Wildman–Crippen MR) is 85.0 cm³/mol. The Kier molecular flexibility index (Phi) is 6.85. The Morgan fingerprint density at radius 3 is 1.95 bits per heavy atom. The molecular formula is C17H31NO4. The zero-order valence-electron chi connectivity index (χ0n) is 14.7. The molecule has 1 saturated heterocycles. The zero-order chi connectivity index (χ0) is 16.8. The number of unbranched alkanes of at least 4 members (excludes halogenated alkanes) is 1. The monoisotopic (exact) mass is 313 g/mol. The van der Waals surface area contributed by atoms with Crippen molar-refractivity contribution in [1.29, 1.82) is 0 Å². The molecule has 0 aromatic carbocycles. The molecular weight excluding hydrogens is 282 g/mol. The van der Waals surface area contributed by atoms with Crippen LogP contribution >= 0.6 is 0 Å². The number of rotatable bonds is 7. The van der Waals surface area contributed by atoms with Gasteiger partial charge in [-0.3, -0.25) is 9.59 Å². The third-order valence-electron chi connectivity index (χ3n) is 4.19. The first kappa shape index (κ1) is 18.9. The van der Waals surface area contributed by atoms with E-state index in [9.17, 15) is 9.59 Å². The lowest BCUT2D eigenvalue weighted by Gasteiger charge is -2.50. The predicted octanol–water partition coefficient (Wildman–Crippen LogP) is 3.61. The topological polar surface area (TPSA) is 55.8 Å². The molecule has 0 atom stereocenters. The van der Waals surface area contributed by atoms with Gasteiger partial charge in [0, 0.05) is 12.8 Å². The van der Waals surface area contributed by atoms with Crippen molar-refractivity contribution in [2.45, 2.75) is 90.6 Å². The van der Waals surface area contributed by atoms with E-state index < -0.39 is 0 Å². The fourth-order valence-corrected chi connectivity index (χ4v) is 3.14. The van der Waals surface area contributed by atoms with Crippen molar-refractivity contribution < 1.29 is 19.2 Å². The highest BCUT2D eigenvalue weighted by Gasteiger charge is 2.44. The maximum absolute atomic E-state index is 12.1. The van der Waals surface area contributed by atoms with Crippen molar-refractivity contribution in [2.24, 2.45) is 0 Å². The molecule has 5 heteroatoms. The van der Waals surface area contributed by atoms with Crippen LogP contribution in [0.4, 0.5) is 0 Å². The van der Waals surface area contributed by atoms with Crippen LogP contribution in [0.3, 0.4) is 0 Å². The molecule has 0 saturated carbocycles. The van der Waals surface area contributed by atoms with E-state index in [1.54, 1.807) is 6.92 Å². The molecule has 1 rings (SSSR count). The normalized spacial score (nSPS) is 20.4. The Hall–Kier alpha value is -1.10. The minimum atomic E-state index is -0.216. The Labute approximate surface area is 134 Å². The third kappa shape index (κ3) is 5.59. The fraction of sp³-hybridized carbons (Fsp3) is 0.882. The van der Waals surface area contributed by atoms with Gasteiger partial charge >= 0.3 is 11.9 Å². The summed E-state index contributed by atoms with van der Waals surface area (Å²) in [6, 6.07) is 0. The molecule has 128 valence electrons. The number of hydroxylamine groups is 2. The Balaban J connectivity index is 2.38. The molecule has 1 fully saturated rings. The van der Waals surface area contributed by atoms with Crippen LogP contribution in [0, 0.1) is 0 Å². The van der Waals surface area contributed by atoms with Crippen LogP contribution in [0.1, 0.15) is 79.6 Å². The molecule has 0 N–H and O–H groups in total. The van der Waals surface area contributed by atoms with Gasteiger partial charge in [0.25, 0.3) is 0 Å². The van der Waals surface area contributed by atoms with Gasteiger partial charge in [-0.1, -0.05) is 0 Å². The highest BCUT2D eigenvalue weighted by molar-refractivity contribution is 5.70. The highest BCUT2D eigenvalue weighted by Crippen LogP contribution is 2.38. The average Bonchev–Trinajstić information content (AvgIpc) is 2.39. The largest absolute Gasteiger partial charge is 0.466 e. The number of ether oxygens (including phenoxy) is 1. The van der Waals surface area contributed by atoms with Crippen LogP contribution in [-0.4, -0.2) is 34.7 Å². The number of hydrogen-bond donors (Lipinski definition) is 0. The van der Waals surface area contributed by atoms with E-state index in [0.717, 1.165) is 19.3 Å². The molecule has 0 unspecified atom stereocenters. The Morgan fingerprint density at radius 2 is 1.45 bits per heavy atom. The molecule has 5 nitrogen and oxygen atoms in total. The number of piperidine rings is 1. The summed E-state index contributed by atoms with van der Waals surface area (Å²) in [6.45, 7) is 10.6. The van der Waals surface area contributed by atoms with E-state index in [1.807, 2.05) is 5.06 Å². The molecule has 0 spiro atoms. The summed E-state index contributed by atoms with van der Waals surface area (Å²) in [4.78, 5) is 29.0. The molecule has 0 amide bonds. The second kappa shape index (κ2) is 7.95. The molecule has 1 aliphatic rings. The van der Waals surface area contributed by atoms with Crippen molar-refractivity contribution in [3.8, 4) is 0 Å². The van der Waals surface area contributed by atoms with Crippen LogP contribution in [0.2, 0.25) is 0 Å². The SMILES string of the molecule is CCOC(=O)CCCCC(=O)ON1C(C)(C)CCCC1(C)C. The third-order valence-corrected chi connectivity index (χ3v) is 4.19. The van der Waals surface area contributed by atoms with Gasteiger partial charge in [-0.2, -0.15) is 0 Å². The summed E-state index contributed by atoms with van der Waals surface area (Å²) < 4.78 is 4.86. The van der Waals surface area contributed by atoms with Gasteiger partial charge in [0.15, 0.2) is 0 Å². The van der Waals surface area contributed by atoms with Crippen molar-refractivity contribution >= 4 is 11.9 Å². The van der Waals surface area contributed by atoms with E-state index in [1.165, 1.54) is 0 Å². The summed E-state index contributed by atoms with van der Waals surface area (Å²) in [5.41, 5.74) is -0.273. The molecule has 0 aromatic heterocycles.